The average Bonchev–Trinajstić information content (AvgIpc) is 2.82. The fourth-order valence-corrected chi connectivity index (χ4v) is 2.41. The average molecular weight is 250 g/mol. The van der Waals surface area contributed by atoms with Gasteiger partial charge in [0.05, 0.1) is 11.4 Å². The van der Waals surface area contributed by atoms with Crippen molar-refractivity contribution >= 4 is 22.7 Å². The standard InChI is InChI=1S/C13H15FN2S/c1-16(8-7-10-4-3-9-17-10)12-6-2-5-11(14)13(12)15/h2-6,9H,7-8,15H2,1H3. The molecular weight excluding hydrogens is 235 g/mol. The number of hydrogen-bond acceptors (Lipinski definition) is 3. The van der Waals surface area contributed by atoms with E-state index in [1.165, 1.54) is 10.9 Å². The number of rotatable bonds is 4. The summed E-state index contributed by atoms with van der Waals surface area (Å²) in [5.41, 5.74) is 6.69. The van der Waals surface area contributed by atoms with Gasteiger partial charge in [0.15, 0.2) is 0 Å². The van der Waals surface area contributed by atoms with Crippen LogP contribution in [-0.2, 0) is 6.42 Å². The number of likely N-dealkylation sites (N-methyl/N-ethyl adjacent to an activating group) is 1. The van der Waals surface area contributed by atoms with Gasteiger partial charge in [-0.25, -0.2) is 4.39 Å². The summed E-state index contributed by atoms with van der Waals surface area (Å²) in [7, 11) is 1.93. The molecule has 0 unspecified atom stereocenters. The SMILES string of the molecule is CN(CCc1cccs1)c1cccc(F)c1N. The maximum atomic E-state index is 13.3. The van der Waals surface area contributed by atoms with Crippen LogP contribution in [0.4, 0.5) is 15.8 Å². The maximum absolute atomic E-state index is 13.3. The second-order valence-corrected chi connectivity index (χ2v) is 4.96. The summed E-state index contributed by atoms with van der Waals surface area (Å²) >= 11 is 1.74. The van der Waals surface area contributed by atoms with Gasteiger partial charge < -0.3 is 10.6 Å². The van der Waals surface area contributed by atoms with Crippen LogP contribution in [0.25, 0.3) is 0 Å². The molecule has 2 rings (SSSR count). The largest absolute Gasteiger partial charge is 0.395 e. The summed E-state index contributed by atoms with van der Waals surface area (Å²) in [5, 5.41) is 2.06. The van der Waals surface area contributed by atoms with E-state index in [0.717, 1.165) is 18.7 Å². The van der Waals surface area contributed by atoms with Crippen LogP contribution in [-0.4, -0.2) is 13.6 Å². The van der Waals surface area contributed by atoms with Crippen molar-refractivity contribution in [1.29, 1.82) is 0 Å². The lowest BCUT2D eigenvalue weighted by atomic mass is 10.2. The van der Waals surface area contributed by atoms with Gasteiger partial charge >= 0.3 is 0 Å². The van der Waals surface area contributed by atoms with E-state index in [2.05, 4.69) is 11.4 Å². The first-order valence-corrected chi connectivity index (χ1v) is 6.34. The third kappa shape index (κ3) is 2.77. The number of hydrogen-bond donors (Lipinski definition) is 1. The van der Waals surface area contributed by atoms with Crippen molar-refractivity contribution in [3.05, 3.63) is 46.4 Å². The van der Waals surface area contributed by atoms with Crippen molar-refractivity contribution in [2.45, 2.75) is 6.42 Å². The van der Waals surface area contributed by atoms with E-state index < -0.39 is 0 Å². The van der Waals surface area contributed by atoms with Gasteiger partial charge in [-0.05, 0) is 30.0 Å². The summed E-state index contributed by atoms with van der Waals surface area (Å²) in [6.45, 7) is 0.828. The molecule has 90 valence electrons. The van der Waals surface area contributed by atoms with Crippen LogP contribution in [0.15, 0.2) is 35.7 Å². The van der Waals surface area contributed by atoms with Crippen molar-refractivity contribution in [2.24, 2.45) is 0 Å². The van der Waals surface area contributed by atoms with Crippen LogP contribution in [0.5, 0.6) is 0 Å². The predicted molar refractivity (Wildman–Crippen MR) is 72.1 cm³/mol. The van der Waals surface area contributed by atoms with Gasteiger partial charge in [-0.1, -0.05) is 12.1 Å². The lowest BCUT2D eigenvalue weighted by Crippen LogP contribution is -2.21. The Balaban J connectivity index is 2.04. The highest BCUT2D eigenvalue weighted by Crippen LogP contribution is 2.24. The molecule has 17 heavy (non-hydrogen) atoms. The second kappa shape index (κ2) is 5.19. The zero-order valence-corrected chi connectivity index (χ0v) is 10.5. The smallest absolute Gasteiger partial charge is 0.148 e. The zero-order chi connectivity index (χ0) is 12.3. The van der Waals surface area contributed by atoms with Gasteiger partial charge in [0.2, 0.25) is 0 Å². The number of nitrogens with two attached hydrogens (primary N) is 1. The molecule has 0 saturated heterocycles. The van der Waals surface area contributed by atoms with Gasteiger partial charge in [-0.2, -0.15) is 0 Å². The summed E-state index contributed by atoms with van der Waals surface area (Å²) in [6, 6.07) is 9.05. The molecule has 2 nitrogen and oxygen atoms in total. The zero-order valence-electron chi connectivity index (χ0n) is 9.69. The third-order valence-electron chi connectivity index (χ3n) is 2.71. The predicted octanol–water partition coefficient (Wildman–Crippen LogP) is 3.15. The normalized spacial score (nSPS) is 10.5. The van der Waals surface area contributed by atoms with Crippen molar-refractivity contribution in [3.63, 3.8) is 0 Å². The second-order valence-electron chi connectivity index (χ2n) is 3.92. The quantitative estimate of drug-likeness (QED) is 0.845. The molecule has 0 aliphatic carbocycles. The molecule has 2 aromatic rings. The van der Waals surface area contributed by atoms with E-state index in [1.807, 2.05) is 24.1 Å². The minimum atomic E-state index is -0.356. The van der Waals surface area contributed by atoms with Gasteiger partial charge in [0.25, 0.3) is 0 Å². The van der Waals surface area contributed by atoms with E-state index in [9.17, 15) is 4.39 Å². The molecule has 2 N–H and O–H groups in total. The van der Waals surface area contributed by atoms with Crippen LogP contribution in [0.1, 0.15) is 4.88 Å². The Bertz CT molecular complexity index is 482. The highest BCUT2D eigenvalue weighted by atomic mass is 32.1. The monoisotopic (exact) mass is 250 g/mol. The number of para-hydroxylation sites is 1. The van der Waals surface area contributed by atoms with Crippen LogP contribution in [0, 0.1) is 5.82 Å². The van der Waals surface area contributed by atoms with Crippen molar-refractivity contribution in [1.82, 2.24) is 0 Å². The molecule has 1 aromatic carbocycles. The summed E-state index contributed by atoms with van der Waals surface area (Å²) in [5.74, 6) is -0.356. The molecule has 0 aliphatic rings. The molecule has 4 heteroatoms. The first-order valence-electron chi connectivity index (χ1n) is 5.46. The highest BCUT2D eigenvalue weighted by molar-refractivity contribution is 7.09. The van der Waals surface area contributed by atoms with Crippen LogP contribution >= 0.6 is 11.3 Å². The molecule has 0 radical (unpaired) electrons. The first-order chi connectivity index (χ1) is 8.18. The lowest BCUT2D eigenvalue weighted by Gasteiger charge is -2.20. The Morgan fingerprint density at radius 3 is 2.82 bits per heavy atom. The Labute approximate surface area is 104 Å². The van der Waals surface area contributed by atoms with Gasteiger partial charge in [-0.3, -0.25) is 0 Å². The van der Waals surface area contributed by atoms with E-state index >= 15 is 0 Å². The van der Waals surface area contributed by atoms with Crippen molar-refractivity contribution in [3.8, 4) is 0 Å². The number of nitrogens with zero attached hydrogens (tertiary/aromatic N) is 1. The van der Waals surface area contributed by atoms with E-state index in [4.69, 9.17) is 5.73 Å². The number of halogens is 1. The van der Waals surface area contributed by atoms with E-state index in [-0.39, 0.29) is 11.5 Å². The maximum Gasteiger partial charge on any atom is 0.148 e. The molecule has 0 atom stereocenters. The molecule has 0 saturated carbocycles. The fraction of sp³-hybridized carbons (Fsp3) is 0.231. The van der Waals surface area contributed by atoms with Gasteiger partial charge in [-0.15, -0.1) is 11.3 Å². The van der Waals surface area contributed by atoms with Gasteiger partial charge in [0.1, 0.15) is 5.82 Å². The topological polar surface area (TPSA) is 29.3 Å². The first kappa shape index (κ1) is 11.9. The highest BCUT2D eigenvalue weighted by Gasteiger charge is 2.08. The minimum Gasteiger partial charge on any atom is -0.395 e. The summed E-state index contributed by atoms with van der Waals surface area (Å²) in [4.78, 5) is 3.31. The Morgan fingerprint density at radius 2 is 2.12 bits per heavy atom. The van der Waals surface area contributed by atoms with Gasteiger partial charge in [0, 0.05) is 18.5 Å². The Morgan fingerprint density at radius 1 is 1.29 bits per heavy atom. The molecule has 0 amide bonds. The Kier molecular flexibility index (Phi) is 3.64. The lowest BCUT2D eigenvalue weighted by molar-refractivity contribution is 0.632. The summed E-state index contributed by atoms with van der Waals surface area (Å²) in [6.07, 6.45) is 0.949. The molecule has 0 bridgehead atoms. The molecule has 0 spiro atoms. The van der Waals surface area contributed by atoms with Crippen molar-refractivity contribution in [2.75, 3.05) is 24.2 Å². The van der Waals surface area contributed by atoms with Crippen molar-refractivity contribution < 1.29 is 4.39 Å². The van der Waals surface area contributed by atoms with Crippen LogP contribution < -0.4 is 10.6 Å². The number of thiophene rings is 1. The van der Waals surface area contributed by atoms with Crippen LogP contribution in [0.2, 0.25) is 0 Å². The molecule has 0 aliphatic heterocycles. The molecular formula is C13H15FN2S. The fourth-order valence-electron chi connectivity index (χ4n) is 1.71. The molecule has 1 heterocycles. The minimum absolute atomic E-state index is 0.223. The number of nitrogen functional groups attached to an aromatic ring is 1. The van der Waals surface area contributed by atoms with E-state index in [1.54, 1.807) is 17.4 Å². The number of anilines is 2. The van der Waals surface area contributed by atoms with E-state index in [0.29, 0.717) is 0 Å². The van der Waals surface area contributed by atoms with Crippen LogP contribution in [0.3, 0.4) is 0 Å². The molecule has 0 fully saturated rings. The number of benzene rings is 1. The Hall–Kier alpha value is -1.55. The summed E-state index contributed by atoms with van der Waals surface area (Å²) < 4.78 is 13.3. The third-order valence-corrected chi connectivity index (χ3v) is 3.65. The molecule has 1 aromatic heterocycles.